The van der Waals surface area contributed by atoms with E-state index < -0.39 is 4.92 Å². The molecule has 9 nitrogen and oxygen atoms in total. The van der Waals surface area contributed by atoms with Crippen LogP contribution in [0.25, 0.3) is 0 Å². The Balaban J connectivity index is 1.42. The van der Waals surface area contributed by atoms with Crippen LogP contribution in [0.3, 0.4) is 0 Å². The maximum absolute atomic E-state index is 12.9. The number of amides is 2. The summed E-state index contributed by atoms with van der Waals surface area (Å²) >= 11 is 12.1. The summed E-state index contributed by atoms with van der Waals surface area (Å²) in [6.07, 6.45) is 6.06. The molecule has 3 aliphatic rings. The number of rotatable bonds is 8. The summed E-state index contributed by atoms with van der Waals surface area (Å²) in [5, 5.41) is 17.7. The second-order valence-corrected chi connectivity index (χ2v) is 9.66. The van der Waals surface area contributed by atoms with E-state index in [-0.39, 0.29) is 71.4 Å². The summed E-state index contributed by atoms with van der Waals surface area (Å²) in [6, 6.07) is 7.62. The normalized spacial score (nSPS) is 24.1. The van der Waals surface area contributed by atoms with Crippen LogP contribution in [0.4, 0.5) is 5.69 Å². The predicted octanol–water partition coefficient (Wildman–Crippen LogP) is 5.02. The standard InChI is InChI=1S/C25H21Cl2N3O6/c1-2-35-20-8-13(11-28-29-24(31)21-14-3-4-15(9-14)22(21)25(29)32)7-19(30(33)34)23(20)36-12-16-5-6-17(26)10-18(16)27/h3-8,10-11,14-15,21-22H,2,9,12H2,1H3/t14-,15-,21-,22+/m0/s1. The molecule has 0 aromatic heterocycles. The van der Waals surface area contributed by atoms with Gasteiger partial charge in [0.1, 0.15) is 6.61 Å². The van der Waals surface area contributed by atoms with Crippen molar-refractivity contribution in [3.63, 3.8) is 0 Å². The van der Waals surface area contributed by atoms with E-state index in [1.54, 1.807) is 25.1 Å². The number of nitro groups is 1. The van der Waals surface area contributed by atoms with E-state index in [9.17, 15) is 19.7 Å². The van der Waals surface area contributed by atoms with E-state index in [2.05, 4.69) is 5.10 Å². The second-order valence-electron chi connectivity index (χ2n) is 8.81. The van der Waals surface area contributed by atoms with E-state index in [1.165, 1.54) is 18.3 Å². The number of hydrogen-bond acceptors (Lipinski definition) is 7. The van der Waals surface area contributed by atoms with Gasteiger partial charge in [-0.2, -0.15) is 10.1 Å². The molecule has 0 unspecified atom stereocenters. The lowest BCUT2D eigenvalue weighted by Crippen LogP contribution is -2.28. The molecule has 1 heterocycles. The SMILES string of the molecule is CCOc1cc(C=NN2C(=O)[C@@H]3[C@H](C2=O)[C@H]2C=C[C@H]3C2)cc([N+](=O)[O-])c1OCc1ccc(Cl)cc1Cl. The van der Waals surface area contributed by atoms with Gasteiger partial charge in [0.15, 0.2) is 5.75 Å². The first kappa shape index (κ1) is 24.3. The van der Waals surface area contributed by atoms with Gasteiger partial charge in [0.2, 0.25) is 5.75 Å². The smallest absolute Gasteiger partial charge is 0.315 e. The number of nitrogens with zero attached hydrogens (tertiary/aromatic N) is 3. The van der Waals surface area contributed by atoms with Crippen molar-refractivity contribution in [3.05, 3.63) is 73.8 Å². The molecule has 0 N–H and O–H groups in total. The highest BCUT2D eigenvalue weighted by Crippen LogP contribution is 2.52. The molecule has 2 aliphatic carbocycles. The van der Waals surface area contributed by atoms with Crippen LogP contribution in [0, 0.1) is 33.8 Å². The molecular formula is C25H21Cl2N3O6. The highest BCUT2D eigenvalue weighted by atomic mass is 35.5. The maximum Gasteiger partial charge on any atom is 0.315 e. The third kappa shape index (κ3) is 4.22. The zero-order valence-corrected chi connectivity index (χ0v) is 20.6. The zero-order chi connectivity index (χ0) is 25.6. The predicted molar refractivity (Wildman–Crippen MR) is 132 cm³/mol. The first-order valence-corrected chi connectivity index (χ1v) is 12.2. The lowest BCUT2D eigenvalue weighted by molar-refractivity contribution is -0.386. The Morgan fingerprint density at radius 2 is 1.81 bits per heavy atom. The molecule has 1 saturated carbocycles. The van der Waals surface area contributed by atoms with E-state index >= 15 is 0 Å². The van der Waals surface area contributed by atoms with E-state index in [0.29, 0.717) is 15.6 Å². The fourth-order valence-electron chi connectivity index (χ4n) is 5.14. The minimum absolute atomic E-state index is 0.0553. The van der Waals surface area contributed by atoms with Gasteiger partial charge in [0.25, 0.3) is 11.8 Å². The molecule has 1 aliphatic heterocycles. The zero-order valence-electron chi connectivity index (χ0n) is 19.1. The van der Waals surface area contributed by atoms with Gasteiger partial charge in [-0.3, -0.25) is 19.7 Å². The van der Waals surface area contributed by atoms with Gasteiger partial charge in [-0.05, 0) is 43.4 Å². The van der Waals surface area contributed by atoms with Crippen molar-refractivity contribution in [3.8, 4) is 11.5 Å². The van der Waals surface area contributed by atoms with Crippen LogP contribution >= 0.6 is 23.2 Å². The number of benzene rings is 2. The van der Waals surface area contributed by atoms with Crippen molar-refractivity contribution in [2.75, 3.05) is 6.61 Å². The summed E-state index contributed by atoms with van der Waals surface area (Å²) in [7, 11) is 0. The third-order valence-corrected chi connectivity index (χ3v) is 7.30. The Hall–Kier alpha value is -3.43. The number of carbonyl (C=O) groups excluding carboxylic acids is 2. The average Bonchev–Trinajstić information content (AvgIpc) is 3.52. The van der Waals surface area contributed by atoms with Gasteiger partial charge in [0.05, 0.1) is 29.6 Å². The molecule has 0 radical (unpaired) electrons. The second kappa shape index (κ2) is 9.55. The van der Waals surface area contributed by atoms with Crippen LogP contribution in [-0.2, 0) is 16.2 Å². The van der Waals surface area contributed by atoms with Crippen molar-refractivity contribution in [1.29, 1.82) is 0 Å². The van der Waals surface area contributed by atoms with Gasteiger partial charge in [-0.15, -0.1) is 0 Å². The van der Waals surface area contributed by atoms with Gasteiger partial charge < -0.3 is 9.47 Å². The Morgan fingerprint density at radius 3 is 2.42 bits per heavy atom. The average molecular weight is 530 g/mol. The molecule has 11 heteroatoms. The minimum atomic E-state index is -0.599. The Kier molecular flexibility index (Phi) is 6.44. The molecule has 2 aromatic rings. The van der Waals surface area contributed by atoms with Crippen molar-refractivity contribution in [2.24, 2.45) is 28.8 Å². The third-order valence-electron chi connectivity index (χ3n) is 6.71. The summed E-state index contributed by atoms with van der Waals surface area (Å²) < 4.78 is 11.4. The molecule has 4 atom stereocenters. The number of allylic oxidation sites excluding steroid dienone is 2. The molecule has 2 fully saturated rings. The first-order valence-electron chi connectivity index (χ1n) is 11.4. The molecule has 2 amide bonds. The van der Waals surface area contributed by atoms with Crippen molar-refractivity contribution in [2.45, 2.75) is 20.0 Å². The number of carbonyl (C=O) groups is 2. The molecule has 186 valence electrons. The number of fused-ring (bicyclic) bond motifs is 5. The fourth-order valence-corrected chi connectivity index (χ4v) is 5.60. The Labute approximate surface area is 216 Å². The Morgan fingerprint density at radius 1 is 1.11 bits per heavy atom. The monoisotopic (exact) mass is 529 g/mol. The molecular weight excluding hydrogens is 509 g/mol. The molecule has 0 spiro atoms. The molecule has 5 rings (SSSR count). The minimum Gasteiger partial charge on any atom is -0.490 e. The van der Waals surface area contributed by atoms with Crippen molar-refractivity contribution >= 4 is 46.9 Å². The number of halogens is 2. The molecule has 2 bridgehead atoms. The first-order chi connectivity index (χ1) is 17.3. The molecule has 2 aromatic carbocycles. The van der Waals surface area contributed by atoms with E-state index in [0.717, 1.165) is 11.4 Å². The fraction of sp³-hybridized carbons (Fsp3) is 0.320. The van der Waals surface area contributed by atoms with Crippen LogP contribution in [0.5, 0.6) is 11.5 Å². The lowest BCUT2D eigenvalue weighted by Gasteiger charge is -2.14. The maximum atomic E-state index is 12.9. The molecule has 1 saturated heterocycles. The quantitative estimate of drug-likeness (QED) is 0.156. The largest absolute Gasteiger partial charge is 0.490 e. The van der Waals surface area contributed by atoms with Gasteiger partial charge >= 0.3 is 5.69 Å². The van der Waals surface area contributed by atoms with E-state index in [4.69, 9.17) is 32.7 Å². The van der Waals surface area contributed by atoms with Crippen LogP contribution in [0.1, 0.15) is 24.5 Å². The van der Waals surface area contributed by atoms with Crippen molar-refractivity contribution < 1.29 is 24.0 Å². The van der Waals surface area contributed by atoms with Crippen LogP contribution in [-0.4, -0.2) is 34.6 Å². The van der Waals surface area contributed by atoms with Crippen LogP contribution in [0.15, 0.2) is 47.6 Å². The lowest BCUT2D eigenvalue weighted by atomic mass is 9.85. The summed E-state index contributed by atoms with van der Waals surface area (Å²) in [4.78, 5) is 37.0. The van der Waals surface area contributed by atoms with Gasteiger partial charge in [-0.25, -0.2) is 0 Å². The van der Waals surface area contributed by atoms with Crippen LogP contribution in [0.2, 0.25) is 10.0 Å². The van der Waals surface area contributed by atoms with E-state index in [1.807, 2.05) is 12.2 Å². The summed E-state index contributed by atoms with van der Waals surface area (Å²) in [6.45, 7) is 1.90. The van der Waals surface area contributed by atoms with Crippen molar-refractivity contribution in [1.82, 2.24) is 5.01 Å². The number of imide groups is 1. The highest BCUT2D eigenvalue weighted by Gasteiger charge is 2.59. The Bertz CT molecular complexity index is 1300. The number of hydrogen-bond donors (Lipinski definition) is 0. The molecule has 36 heavy (non-hydrogen) atoms. The number of nitro benzene ring substituents is 1. The topological polar surface area (TPSA) is 111 Å². The summed E-state index contributed by atoms with van der Waals surface area (Å²) in [5.41, 5.74) is 0.509. The van der Waals surface area contributed by atoms with Gasteiger partial charge in [-0.1, -0.05) is 41.4 Å². The van der Waals surface area contributed by atoms with Crippen LogP contribution < -0.4 is 9.47 Å². The number of ether oxygens (including phenoxy) is 2. The summed E-state index contributed by atoms with van der Waals surface area (Å²) in [5.74, 6) is -1.26. The van der Waals surface area contributed by atoms with Gasteiger partial charge in [0, 0.05) is 27.2 Å². The number of hydrazone groups is 1. The highest BCUT2D eigenvalue weighted by molar-refractivity contribution is 6.35.